The highest BCUT2D eigenvalue weighted by molar-refractivity contribution is 7.80. The fourth-order valence-corrected chi connectivity index (χ4v) is 2.87. The molecule has 0 spiro atoms. The third-order valence-electron chi connectivity index (χ3n) is 3.73. The molecular formula is C20H17FN2O3S. The van der Waals surface area contributed by atoms with Gasteiger partial charge < -0.3 is 4.74 Å². The number of carbonyl (C=O) groups excluding carboxylic acids is 2. The molecule has 0 atom stereocenters. The Kier molecular flexibility index (Phi) is 5.32. The van der Waals surface area contributed by atoms with Crippen LogP contribution in [0, 0.1) is 5.82 Å². The van der Waals surface area contributed by atoms with Gasteiger partial charge in [-0.1, -0.05) is 18.2 Å². The van der Waals surface area contributed by atoms with Crippen LogP contribution in [0.5, 0.6) is 5.75 Å². The first-order valence-corrected chi connectivity index (χ1v) is 8.70. The quantitative estimate of drug-likeness (QED) is 0.498. The summed E-state index contributed by atoms with van der Waals surface area (Å²) in [5.41, 5.74) is 0.804. The van der Waals surface area contributed by atoms with Crippen LogP contribution in [-0.2, 0) is 9.59 Å². The van der Waals surface area contributed by atoms with Gasteiger partial charge in [0.15, 0.2) is 5.11 Å². The Morgan fingerprint density at radius 1 is 1.15 bits per heavy atom. The lowest BCUT2D eigenvalue weighted by Crippen LogP contribution is -2.54. The second-order valence-electron chi connectivity index (χ2n) is 6.17. The summed E-state index contributed by atoms with van der Waals surface area (Å²) in [4.78, 5) is 26.2. The standard InChI is InChI=1S/C20H17FN2O3S/c1-12(2)26-16-8-6-13(7-9-16)10-17-18(24)22-20(27)23(19(17)25)15-5-3-4-14(21)11-15/h3-12H,1-2H3,(H,22,24,27)/b17-10+. The maximum absolute atomic E-state index is 13.5. The highest BCUT2D eigenvalue weighted by atomic mass is 32.1. The van der Waals surface area contributed by atoms with Crippen LogP contribution in [0.25, 0.3) is 6.08 Å². The normalized spacial score (nSPS) is 16.1. The Balaban J connectivity index is 1.92. The fourth-order valence-electron chi connectivity index (χ4n) is 2.59. The van der Waals surface area contributed by atoms with Crippen LogP contribution >= 0.6 is 12.2 Å². The summed E-state index contributed by atoms with van der Waals surface area (Å²) in [5.74, 6) is -1.03. The van der Waals surface area contributed by atoms with Crippen LogP contribution in [0.2, 0.25) is 0 Å². The molecule has 2 amide bonds. The van der Waals surface area contributed by atoms with Gasteiger partial charge in [0, 0.05) is 0 Å². The summed E-state index contributed by atoms with van der Waals surface area (Å²) in [6.45, 7) is 3.84. The molecule has 1 fully saturated rings. The molecule has 0 radical (unpaired) electrons. The van der Waals surface area contributed by atoms with Crippen molar-refractivity contribution in [3.8, 4) is 5.75 Å². The number of hydrogen-bond acceptors (Lipinski definition) is 4. The van der Waals surface area contributed by atoms with Crippen molar-refractivity contribution in [1.82, 2.24) is 5.32 Å². The lowest BCUT2D eigenvalue weighted by atomic mass is 10.1. The van der Waals surface area contributed by atoms with Crippen molar-refractivity contribution >= 4 is 40.9 Å². The van der Waals surface area contributed by atoms with Gasteiger partial charge in [0.25, 0.3) is 11.8 Å². The molecular weight excluding hydrogens is 367 g/mol. The van der Waals surface area contributed by atoms with Gasteiger partial charge in [0.05, 0.1) is 11.8 Å². The van der Waals surface area contributed by atoms with E-state index in [4.69, 9.17) is 17.0 Å². The monoisotopic (exact) mass is 384 g/mol. The molecule has 0 aliphatic carbocycles. The molecule has 5 nitrogen and oxygen atoms in total. The molecule has 0 saturated carbocycles. The van der Waals surface area contributed by atoms with E-state index < -0.39 is 17.6 Å². The lowest BCUT2D eigenvalue weighted by molar-refractivity contribution is -0.122. The minimum absolute atomic E-state index is 0.0424. The van der Waals surface area contributed by atoms with Gasteiger partial charge >= 0.3 is 0 Å². The van der Waals surface area contributed by atoms with Crippen LogP contribution in [0.3, 0.4) is 0 Å². The first-order chi connectivity index (χ1) is 12.8. The van der Waals surface area contributed by atoms with Crippen molar-refractivity contribution in [3.05, 3.63) is 65.5 Å². The van der Waals surface area contributed by atoms with E-state index in [9.17, 15) is 14.0 Å². The first kappa shape index (κ1) is 18.7. The Bertz CT molecular complexity index is 938. The Morgan fingerprint density at radius 2 is 1.85 bits per heavy atom. The number of halogens is 1. The van der Waals surface area contributed by atoms with E-state index >= 15 is 0 Å². The zero-order valence-electron chi connectivity index (χ0n) is 14.7. The Morgan fingerprint density at radius 3 is 2.48 bits per heavy atom. The number of nitrogens with zero attached hydrogens (tertiary/aromatic N) is 1. The number of thiocarbonyl (C=S) groups is 1. The van der Waals surface area contributed by atoms with Crippen molar-refractivity contribution in [2.24, 2.45) is 0 Å². The molecule has 1 aliphatic rings. The Hall–Kier alpha value is -3.06. The number of carbonyl (C=O) groups is 2. The molecule has 7 heteroatoms. The van der Waals surface area contributed by atoms with Crippen molar-refractivity contribution < 1.29 is 18.7 Å². The summed E-state index contributed by atoms with van der Waals surface area (Å²) >= 11 is 5.09. The predicted molar refractivity (Wildman–Crippen MR) is 105 cm³/mol. The minimum Gasteiger partial charge on any atom is -0.491 e. The number of nitrogens with one attached hydrogen (secondary N) is 1. The van der Waals surface area contributed by atoms with Gasteiger partial charge in [-0.05, 0) is 68.0 Å². The van der Waals surface area contributed by atoms with Gasteiger partial charge in [-0.3, -0.25) is 19.8 Å². The Labute approximate surface area is 161 Å². The van der Waals surface area contributed by atoms with Crippen LogP contribution in [0.1, 0.15) is 19.4 Å². The van der Waals surface area contributed by atoms with E-state index in [0.29, 0.717) is 11.3 Å². The summed E-state index contributed by atoms with van der Waals surface area (Å²) in [6.07, 6.45) is 1.51. The third-order valence-corrected chi connectivity index (χ3v) is 4.02. The zero-order chi connectivity index (χ0) is 19.6. The maximum atomic E-state index is 13.5. The molecule has 1 saturated heterocycles. The van der Waals surface area contributed by atoms with Crippen molar-refractivity contribution in [2.75, 3.05) is 4.90 Å². The van der Waals surface area contributed by atoms with Crippen molar-refractivity contribution in [1.29, 1.82) is 0 Å². The minimum atomic E-state index is -0.614. The van der Waals surface area contributed by atoms with Crippen LogP contribution in [0.4, 0.5) is 10.1 Å². The number of anilines is 1. The molecule has 0 bridgehead atoms. The van der Waals surface area contributed by atoms with Gasteiger partial charge in [-0.25, -0.2) is 4.39 Å². The van der Waals surface area contributed by atoms with Crippen LogP contribution in [-0.4, -0.2) is 23.0 Å². The summed E-state index contributed by atoms with van der Waals surface area (Å²) < 4.78 is 19.1. The number of rotatable bonds is 4. The molecule has 0 aromatic heterocycles. The van der Waals surface area contributed by atoms with Gasteiger partial charge in [-0.2, -0.15) is 0 Å². The fraction of sp³-hybridized carbons (Fsp3) is 0.150. The van der Waals surface area contributed by atoms with E-state index in [-0.39, 0.29) is 22.5 Å². The average Bonchev–Trinajstić information content (AvgIpc) is 2.59. The van der Waals surface area contributed by atoms with E-state index in [1.807, 2.05) is 13.8 Å². The number of hydrogen-bond donors (Lipinski definition) is 1. The largest absolute Gasteiger partial charge is 0.491 e. The maximum Gasteiger partial charge on any atom is 0.270 e. The summed E-state index contributed by atoms with van der Waals surface area (Å²) in [6, 6.07) is 12.4. The lowest BCUT2D eigenvalue weighted by Gasteiger charge is -2.28. The van der Waals surface area contributed by atoms with Crippen LogP contribution < -0.4 is 15.0 Å². The topological polar surface area (TPSA) is 58.6 Å². The van der Waals surface area contributed by atoms with Crippen LogP contribution in [0.15, 0.2) is 54.1 Å². The second kappa shape index (κ2) is 7.67. The number of ether oxygens (including phenoxy) is 1. The molecule has 1 N–H and O–H groups in total. The summed E-state index contributed by atoms with van der Waals surface area (Å²) in [7, 11) is 0. The third kappa shape index (κ3) is 4.20. The van der Waals surface area contributed by atoms with Gasteiger partial charge in [-0.15, -0.1) is 0 Å². The second-order valence-corrected chi connectivity index (χ2v) is 6.56. The van der Waals surface area contributed by atoms with E-state index in [0.717, 1.165) is 4.90 Å². The van der Waals surface area contributed by atoms with Gasteiger partial charge in [0.2, 0.25) is 0 Å². The van der Waals surface area contributed by atoms with E-state index in [1.54, 1.807) is 30.3 Å². The molecule has 1 heterocycles. The molecule has 2 aromatic carbocycles. The molecule has 138 valence electrons. The predicted octanol–water partition coefficient (Wildman–Crippen LogP) is 3.44. The summed E-state index contributed by atoms with van der Waals surface area (Å²) in [5, 5.41) is 2.38. The highest BCUT2D eigenvalue weighted by Crippen LogP contribution is 2.23. The molecule has 3 rings (SSSR count). The smallest absolute Gasteiger partial charge is 0.270 e. The van der Waals surface area contributed by atoms with Crippen molar-refractivity contribution in [3.63, 3.8) is 0 Å². The SMILES string of the molecule is CC(C)Oc1ccc(/C=C2\C(=O)NC(=S)N(c3cccc(F)c3)C2=O)cc1. The molecule has 27 heavy (non-hydrogen) atoms. The highest BCUT2D eigenvalue weighted by Gasteiger charge is 2.34. The molecule has 2 aromatic rings. The average molecular weight is 384 g/mol. The van der Waals surface area contributed by atoms with Crippen molar-refractivity contribution in [2.45, 2.75) is 20.0 Å². The number of benzene rings is 2. The first-order valence-electron chi connectivity index (χ1n) is 8.29. The van der Waals surface area contributed by atoms with E-state index in [2.05, 4.69) is 5.32 Å². The van der Waals surface area contributed by atoms with E-state index in [1.165, 1.54) is 24.3 Å². The number of amides is 2. The zero-order valence-corrected chi connectivity index (χ0v) is 15.5. The van der Waals surface area contributed by atoms with Gasteiger partial charge in [0.1, 0.15) is 17.1 Å². The molecule has 0 unspecified atom stereocenters. The molecule has 1 aliphatic heterocycles.